The summed E-state index contributed by atoms with van der Waals surface area (Å²) in [4.78, 5) is -0.0619. The highest BCUT2D eigenvalue weighted by atomic mass is 32.2. The van der Waals surface area contributed by atoms with E-state index in [0.717, 1.165) is 11.4 Å². The van der Waals surface area contributed by atoms with Crippen molar-refractivity contribution < 1.29 is 8.42 Å². The van der Waals surface area contributed by atoms with Gasteiger partial charge in [-0.2, -0.15) is 5.26 Å². The Labute approximate surface area is 127 Å². The van der Waals surface area contributed by atoms with Gasteiger partial charge >= 0.3 is 0 Å². The zero-order chi connectivity index (χ0) is 15.5. The lowest BCUT2D eigenvalue weighted by atomic mass is 10.1. The quantitative estimate of drug-likeness (QED) is 0.912. The molecule has 0 radical (unpaired) electrons. The molecule has 6 nitrogen and oxygen atoms in total. The molecule has 0 saturated heterocycles. The van der Waals surface area contributed by atoms with E-state index in [1.807, 2.05) is 6.07 Å². The Morgan fingerprint density at radius 1 is 1.33 bits per heavy atom. The number of nitriles is 1. The Balaban J connectivity index is 2.26. The standard InChI is InChI=1S/C13H14N4O2S2/c1-9(2)7-12-15-16-13(20-12)17-21(18,19)11-6-4-3-5-10(11)8-14/h3-6,9H,7H2,1-2H3,(H,16,17). The summed E-state index contributed by atoms with van der Waals surface area (Å²) in [5, 5.41) is 17.7. The fourth-order valence-electron chi connectivity index (χ4n) is 1.69. The van der Waals surface area contributed by atoms with Crippen LogP contribution in [0.15, 0.2) is 29.2 Å². The van der Waals surface area contributed by atoms with Gasteiger partial charge in [0.1, 0.15) is 16.0 Å². The van der Waals surface area contributed by atoms with Gasteiger partial charge in [0.2, 0.25) is 5.13 Å². The number of sulfonamides is 1. The maximum Gasteiger partial charge on any atom is 0.265 e. The van der Waals surface area contributed by atoms with Crippen molar-refractivity contribution in [3.05, 3.63) is 34.8 Å². The lowest BCUT2D eigenvalue weighted by Gasteiger charge is -2.05. The Hall–Kier alpha value is -1.98. The van der Waals surface area contributed by atoms with E-state index in [0.29, 0.717) is 5.92 Å². The molecule has 0 spiro atoms. The summed E-state index contributed by atoms with van der Waals surface area (Å²) in [6.45, 7) is 4.10. The van der Waals surface area contributed by atoms with Crippen LogP contribution in [0, 0.1) is 17.2 Å². The SMILES string of the molecule is CC(C)Cc1nnc(NS(=O)(=O)c2ccccc2C#N)s1. The molecule has 0 bridgehead atoms. The first-order chi connectivity index (χ1) is 9.92. The second-order valence-corrected chi connectivity index (χ2v) is 7.53. The van der Waals surface area contributed by atoms with E-state index in [9.17, 15) is 8.42 Å². The van der Waals surface area contributed by atoms with Crippen LogP contribution in [0.1, 0.15) is 24.4 Å². The molecule has 110 valence electrons. The number of anilines is 1. The van der Waals surface area contributed by atoms with E-state index < -0.39 is 10.0 Å². The maximum atomic E-state index is 12.3. The summed E-state index contributed by atoms with van der Waals surface area (Å²) in [7, 11) is -3.84. The molecule has 0 unspecified atom stereocenters. The van der Waals surface area contributed by atoms with Gasteiger partial charge in [0, 0.05) is 6.42 Å². The smallest absolute Gasteiger partial charge is 0.253 e. The van der Waals surface area contributed by atoms with Crippen LogP contribution in [-0.4, -0.2) is 18.6 Å². The summed E-state index contributed by atoms with van der Waals surface area (Å²) in [6.07, 6.45) is 0.744. The van der Waals surface area contributed by atoms with Crippen molar-refractivity contribution in [3.63, 3.8) is 0 Å². The third kappa shape index (κ3) is 3.77. The molecule has 1 aromatic carbocycles. The first-order valence-corrected chi connectivity index (χ1v) is 8.56. The van der Waals surface area contributed by atoms with Gasteiger partial charge in [-0.15, -0.1) is 10.2 Å². The average Bonchev–Trinajstić information content (AvgIpc) is 2.84. The Morgan fingerprint density at radius 2 is 2.05 bits per heavy atom. The number of rotatable bonds is 5. The minimum atomic E-state index is -3.84. The van der Waals surface area contributed by atoms with Crippen molar-refractivity contribution in [3.8, 4) is 6.07 Å². The molecule has 0 fully saturated rings. The topological polar surface area (TPSA) is 95.7 Å². The summed E-state index contributed by atoms with van der Waals surface area (Å²) in [5.74, 6) is 0.418. The van der Waals surface area contributed by atoms with Gasteiger partial charge < -0.3 is 0 Å². The summed E-state index contributed by atoms with van der Waals surface area (Å²) < 4.78 is 26.9. The molecular weight excluding hydrogens is 308 g/mol. The van der Waals surface area contributed by atoms with Gasteiger partial charge in [0.25, 0.3) is 10.0 Å². The molecule has 0 amide bonds. The van der Waals surface area contributed by atoms with Crippen LogP contribution >= 0.6 is 11.3 Å². The molecule has 21 heavy (non-hydrogen) atoms. The molecule has 8 heteroatoms. The summed E-state index contributed by atoms with van der Waals surface area (Å²) in [6, 6.07) is 7.89. The Kier molecular flexibility index (Phi) is 4.55. The zero-order valence-corrected chi connectivity index (χ0v) is 13.2. The highest BCUT2D eigenvalue weighted by molar-refractivity contribution is 7.93. The van der Waals surface area contributed by atoms with Crippen molar-refractivity contribution in [1.82, 2.24) is 10.2 Å². The van der Waals surface area contributed by atoms with Crippen molar-refractivity contribution in [2.75, 3.05) is 4.72 Å². The first-order valence-electron chi connectivity index (χ1n) is 6.26. The highest BCUT2D eigenvalue weighted by Crippen LogP contribution is 2.23. The van der Waals surface area contributed by atoms with Crippen molar-refractivity contribution in [2.24, 2.45) is 5.92 Å². The van der Waals surface area contributed by atoms with Crippen LogP contribution in [0.2, 0.25) is 0 Å². The molecule has 1 heterocycles. The van der Waals surface area contributed by atoms with E-state index in [2.05, 4.69) is 28.8 Å². The molecule has 2 rings (SSSR count). The van der Waals surface area contributed by atoms with Gasteiger partial charge in [-0.05, 0) is 18.1 Å². The van der Waals surface area contributed by atoms with Crippen LogP contribution in [-0.2, 0) is 16.4 Å². The van der Waals surface area contributed by atoms with Crippen LogP contribution in [0.5, 0.6) is 0 Å². The van der Waals surface area contributed by atoms with Crippen LogP contribution in [0.25, 0.3) is 0 Å². The van der Waals surface area contributed by atoms with Gasteiger partial charge in [-0.3, -0.25) is 4.72 Å². The number of hydrogen-bond donors (Lipinski definition) is 1. The number of aromatic nitrogens is 2. The van der Waals surface area contributed by atoms with Crippen LogP contribution in [0.4, 0.5) is 5.13 Å². The van der Waals surface area contributed by atoms with Crippen molar-refractivity contribution in [1.29, 1.82) is 5.26 Å². The molecule has 2 aromatic rings. The fraction of sp³-hybridized carbons (Fsp3) is 0.308. The third-order valence-electron chi connectivity index (χ3n) is 2.57. The lowest BCUT2D eigenvalue weighted by Crippen LogP contribution is -2.14. The zero-order valence-electron chi connectivity index (χ0n) is 11.6. The number of hydrogen-bond acceptors (Lipinski definition) is 6. The van der Waals surface area contributed by atoms with Gasteiger partial charge in [-0.1, -0.05) is 37.3 Å². The largest absolute Gasteiger partial charge is 0.265 e. The minimum Gasteiger partial charge on any atom is -0.253 e. The Bertz CT molecular complexity index is 775. The number of nitrogens with one attached hydrogen (secondary N) is 1. The van der Waals surface area contributed by atoms with Crippen LogP contribution in [0.3, 0.4) is 0 Å². The molecular formula is C13H14N4O2S2. The molecule has 1 aromatic heterocycles. The second kappa shape index (κ2) is 6.20. The summed E-state index contributed by atoms with van der Waals surface area (Å²) >= 11 is 1.20. The lowest BCUT2D eigenvalue weighted by molar-refractivity contribution is 0.601. The Morgan fingerprint density at radius 3 is 2.71 bits per heavy atom. The fourth-order valence-corrected chi connectivity index (χ4v) is 4.03. The number of nitrogens with zero attached hydrogens (tertiary/aromatic N) is 3. The average molecular weight is 322 g/mol. The molecule has 0 aliphatic rings. The second-order valence-electron chi connectivity index (χ2n) is 4.81. The van der Waals surface area contributed by atoms with Crippen LogP contribution < -0.4 is 4.72 Å². The van der Waals surface area contributed by atoms with E-state index in [4.69, 9.17) is 5.26 Å². The maximum absolute atomic E-state index is 12.3. The molecule has 0 aliphatic carbocycles. The molecule has 0 atom stereocenters. The first kappa shape index (κ1) is 15.4. The van der Waals surface area contributed by atoms with E-state index in [1.54, 1.807) is 12.1 Å². The van der Waals surface area contributed by atoms with Gasteiger partial charge in [0.15, 0.2) is 0 Å². The highest BCUT2D eigenvalue weighted by Gasteiger charge is 2.20. The number of benzene rings is 1. The monoisotopic (exact) mass is 322 g/mol. The minimum absolute atomic E-state index is 0.0619. The molecule has 0 saturated carbocycles. The van der Waals surface area contributed by atoms with Gasteiger partial charge in [-0.25, -0.2) is 8.42 Å². The molecule has 1 N–H and O–H groups in total. The van der Waals surface area contributed by atoms with E-state index >= 15 is 0 Å². The van der Waals surface area contributed by atoms with Crippen molar-refractivity contribution >= 4 is 26.5 Å². The normalized spacial score (nSPS) is 11.3. The molecule has 0 aliphatic heterocycles. The van der Waals surface area contributed by atoms with E-state index in [-0.39, 0.29) is 15.6 Å². The van der Waals surface area contributed by atoms with Crippen molar-refractivity contribution in [2.45, 2.75) is 25.2 Å². The summed E-state index contributed by atoms with van der Waals surface area (Å²) in [5.41, 5.74) is 0.0944. The predicted octanol–water partition coefficient (Wildman–Crippen LogP) is 2.41. The van der Waals surface area contributed by atoms with E-state index in [1.165, 1.54) is 23.5 Å². The van der Waals surface area contributed by atoms with Gasteiger partial charge in [0.05, 0.1) is 5.56 Å². The predicted molar refractivity (Wildman–Crippen MR) is 80.4 cm³/mol. The third-order valence-corrected chi connectivity index (χ3v) is 4.96.